The Labute approximate surface area is 267 Å². The Morgan fingerprint density at radius 3 is 2.38 bits per heavy atom. The molecule has 0 spiro atoms. The van der Waals surface area contributed by atoms with E-state index in [4.69, 9.17) is 23.7 Å². The number of ether oxygens (including phenoxy) is 5. The maximum Gasteiger partial charge on any atom is 0.410 e. The van der Waals surface area contributed by atoms with Gasteiger partial charge in [0.2, 0.25) is 5.91 Å². The van der Waals surface area contributed by atoms with Crippen LogP contribution in [-0.4, -0.2) is 92.8 Å². The van der Waals surface area contributed by atoms with Crippen LogP contribution in [0.1, 0.15) is 63.1 Å². The number of likely N-dealkylation sites (tertiary alicyclic amines) is 1. The first-order chi connectivity index (χ1) is 21.5. The van der Waals surface area contributed by atoms with Crippen LogP contribution in [0.5, 0.6) is 11.5 Å². The van der Waals surface area contributed by atoms with Crippen molar-refractivity contribution in [2.24, 2.45) is 5.92 Å². The molecule has 45 heavy (non-hydrogen) atoms. The molecule has 0 bridgehead atoms. The topological polar surface area (TPSA) is 107 Å². The molecule has 2 aromatic rings. The number of aliphatic hydroxyl groups is 1. The molecule has 1 aliphatic heterocycles. The number of rotatable bonds is 14. The molecular weight excluding hydrogens is 576 g/mol. The summed E-state index contributed by atoms with van der Waals surface area (Å²) in [6, 6.07) is 13.4. The zero-order valence-corrected chi connectivity index (χ0v) is 27.7. The number of hydrogen-bond donors (Lipinski definition) is 1. The van der Waals surface area contributed by atoms with E-state index in [2.05, 4.69) is 6.07 Å². The Balaban J connectivity index is 1.66. The molecule has 0 aromatic heterocycles. The minimum Gasteiger partial charge on any atom is -0.497 e. The molecule has 0 unspecified atom stereocenters. The minimum absolute atomic E-state index is 0.0348. The van der Waals surface area contributed by atoms with E-state index in [0.29, 0.717) is 37.7 Å². The Kier molecular flexibility index (Phi) is 11.7. The van der Waals surface area contributed by atoms with Gasteiger partial charge >= 0.3 is 6.09 Å². The lowest BCUT2D eigenvalue weighted by Gasteiger charge is -2.45. The van der Waals surface area contributed by atoms with Gasteiger partial charge in [-0.1, -0.05) is 18.2 Å². The van der Waals surface area contributed by atoms with E-state index >= 15 is 0 Å². The molecule has 1 saturated carbocycles. The third-order valence-corrected chi connectivity index (χ3v) is 8.28. The summed E-state index contributed by atoms with van der Waals surface area (Å²) in [6.07, 6.45) is 3.13. The third-order valence-electron chi connectivity index (χ3n) is 8.28. The molecule has 2 amide bonds. The van der Waals surface area contributed by atoms with Crippen molar-refractivity contribution in [1.82, 2.24) is 9.80 Å². The van der Waals surface area contributed by atoms with Crippen molar-refractivity contribution < 1.29 is 38.4 Å². The number of hydrogen-bond acceptors (Lipinski definition) is 8. The number of nitrogens with zero attached hydrogens (tertiary/aromatic N) is 2. The molecule has 4 rings (SSSR count). The summed E-state index contributed by atoms with van der Waals surface area (Å²) < 4.78 is 27.5. The molecule has 1 N–H and O–H groups in total. The number of aryl methyl sites for hydroxylation is 1. The summed E-state index contributed by atoms with van der Waals surface area (Å²) in [5.41, 5.74) is 0.445. The lowest BCUT2D eigenvalue weighted by Crippen LogP contribution is -2.58. The molecular formula is C35H50N2O8. The van der Waals surface area contributed by atoms with Crippen molar-refractivity contribution >= 4 is 12.0 Å². The molecule has 10 heteroatoms. The largest absolute Gasteiger partial charge is 0.497 e. The van der Waals surface area contributed by atoms with Crippen LogP contribution in [0.3, 0.4) is 0 Å². The molecule has 2 fully saturated rings. The lowest BCUT2D eigenvalue weighted by atomic mass is 9.75. The average molecular weight is 627 g/mol. The highest BCUT2D eigenvalue weighted by Gasteiger charge is 2.51. The van der Waals surface area contributed by atoms with E-state index in [-0.39, 0.29) is 31.5 Å². The van der Waals surface area contributed by atoms with E-state index in [1.165, 1.54) is 0 Å². The highest BCUT2D eigenvalue weighted by Crippen LogP contribution is 2.42. The predicted octanol–water partition coefficient (Wildman–Crippen LogP) is 4.94. The van der Waals surface area contributed by atoms with Gasteiger partial charge in [-0.15, -0.1) is 0 Å². The van der Waals surface area contributed by atoms with Crippen molar-refractivity contribution in [3.8, 4) is 11.5 Å². The van der Waals surface area contributed by atoms with Gasteiger partial charge in [0.25, 0.3) is 0 Å². The summed E-state index contributed by atoms with van der Waals surface area (Å²) in [7, 11) is 4.90. The Bertz CT molecular complexity index is 1260. The minimum atomic E-state index is -1.51. The number of amides is 2. The number of carbonyl (C=O) groups excluding carboxylic acids is 2. The van der Waals surface area contributed by atoms with E-state index in [1.807, 2.05) is 56.0 Å². The summed E-state index contributed by atoms with van der Waals surface area (Å²) in [6.45, 7) is 7.62. The van der Waals surface area contributed by atoms with Crippen molar-refractivity contribution in [2.75, 3.05) is 54.2 Å². The van der Waals surface area contributed by atoms with E-state index in [9.17, 15) is 14.7 Å². The monoisotopic (exact) mass is 626 g/mol. The first kappa shape index (κ1) is 34.5. The van der Waals surface area contributed by atoms with Crippen molar-refractivity contribution in [3.63, 3.8) is 0 Å². The quantitative estimate of drug-likeness (QED) is 0.294. The van der Waals surface area contributed by atoms with Gasteiger partial charge in [0.05, 0.1) is 19.6 Å². The molecule has 10 nitrogen and oxygen atoms in total. The van der Waals surface area contributed by atoms with Crippen molar-refractivity contribution in [3.05, 3.63) is 59.2 Å². The Morgan fingerprint density at radius 2 is 1.71 bits per heavy atom. The molecule has 248 valence electrons. The maximum atomic E-state index is 14.7. The SMILES string of the molecule is COCCCc1cc(CN(C(=O)[C@H]2CN(C(=O)OC(C)(C)C)CC[C@]2(O)c2cccc(OC)c2)C2CC2)cc(OCCOC)c1. The van der Waals surface area contributed by atoms with Crippen LogP contribution < -0.4 is 9.47 Å². The van der Waals surface area contributed by atoms with Gasteiger partial charge < -0.3 is 38.6 Å². The van der Waals surface area contributed by atoms with E-state index in [1.54, 1.807) is 32.3 Å². The van der Waals surface area contributed by atoms with Gasteiger partial charge in [0.1, 0.15) is 29.3 Å². The smallest absolute Gasteiger partial charge is 0.410 e. The third kappa shape index (κ3) is 9.34. The van der Waals surface area contributed by atoms with Gasteiger partial charge in [0.15, 0.2) is 0 Å². The second-order valence-corrected chi connectivity index (χ2v) is 13.0. The fourth-order valence-electron chi connectivity index (χ4n) is 5.84. The van der Waals surface area contributed by atoms with E-state index in [0.717, 1.165) is 42.6 Å². The second kappa shape index (κ2) is 15.3. The van der Waals surface area contributed by atoms with Gasteiger partial charge in [-0.2, -0.15) is 0 Å². The first-order valence-corrected chi connectivity index (χ1v) is 15.9. The fraction of sp³-hybridized carbons (Fsp3) is 0.600. The van der Waals surface area contributed by atoms with Gasteiger partial charge in [0, 0.05) is 46.5 Å². The number of methoxy groups -OCH3 is 3. The van der Waals surface area contributed by atoms with Crippen LogP contribution in [0.25, 0.3) is 0 Å². The standard InChI is InChI=1S/C35H50N2O8/c1-34(2,3)45-33(39)36-15-14-35(40,27-10-7-11-29(22-27)43-6)31(24-36)32(38)37(28-12-13-28)23-26-19-25(9-8-16-41-4)20-30(21-26)44-18-17-42-5/h7,10-11,19-22,28,31,40H,8-9,12-18,23-24H2,1-6H3/t31-,35+/m1/s1. The summed E-state index contributed by atoms with van der Waals surface area (Å²) in [5.74, 6) is 0.213. The van der Waals surface area contributed by atoms with Gasteiger partial charge in [-0.25, -0.2) is 4.79 Å². The number of carbonyl (C=O) groups is 2. The summed E-state index contributed by atoms with van der Waals surface area (Å²) >= 11 is 0. The average Bonchev–Trinajstić information content (AvgIpc) is 3.85. The second-order valence-electron chi connectivity index (χ2n) is 13.0. The maximum absolute atomic E-state index is 14.7. The molecule has 1 heterocycles. The Hall–Kier alpha value is -3.34. The highest BCUT2D eigenvalue weighted by atomic mass is 16.6. The summed E-state index contributed by atoms with van der Waals surface area (Å²) in [5, 5.41) is 12.3. The fourth-order valence-corrected chi connectivity index (χ4v) is 5.84. The van der Waals surface area contributed by atoms with Crippen LogP contribution in [0, 0.1) is 5.92 Å². The molecule has 1 aliphatic carbocycles. The van der Waals surface area contributed by atoms with Gasteiger partial charge in [-0.3, -0.25) is 4.79 Å². The zero-order valence-electron chi connectivity index (χ0n) is 27.7. The molecule has 1 saturated heterocycles. The van der Waals surface area contributed by atoms with Crippen LogP contribution in [0.2, 0.25) is 0 Å². The zero-order chi connectivity index (χ0) is 32.6. The number of piperidine rings is 1. The molecule has 2 aliphatic rings. The highest BCUT2D eigenvalue weighted by molar-refractivity contribution is 5.82. The predicted molar refractivity (Wildman–Crippen MR) is 170 cm³/mol. The van der Waals surface area contributed by atoms with Crippen LogP contribution >= 0.6 is 0 Å². The Morgan fingerprint density at radius 1 is 0.978 bits per heavy atom. The van der Waals surface area contributed by atoms with Crippen molar-refractivity contribution in [2.45, 2.75) is 76.7 Å². The van der Waals surface area contributed by atoms with Gasteiger partial charge in [-0.05, 0) is 93.8 Å². The normalized spacial score (nSPS) is 20.1. The van der Waals surface area contributed by atoms with Crippen LogP contribution in [0.4, 0.5) is 4.79 Å². The van der Waals surface area contributed by atoms with Crippen molar-refractivity contribution in [1.29, 1.82) is 0 Å². The first-order valence-electron chi connectivity index (χ1n) is 15.9. The van der Waals surface area contributed by atoms with E-state index < -0.39 is 23.2 Å². The number of benzene rings is 2. The lowest BCUT2D eigenvalue weighted by molar-refractivity contribution is -0.155. The van der Waals surface area contributed by atoms with Crippen LogP contribution in [-0.2, 0) is 37.6 Å². The molecule has 2 atom stereocenters. The summed E-state index contributed by atoms with van der Waals surface area (Å²) in [4.78, 5) is 31.3. The van der Waals surface area contributed by atoms with Crippen LogP contribution in [0.15, 0.2) is 42.5 Å². The molecule has 2 aromatic carbocycles. The molecule has 0 radical (unpaired) electrons.